The van der Waals surface area contributed by atoms with Crippen molar-refractivity contribution < 1.29 is 4.57 Å². The van der Waals surface area contributed by atoms with Crippen molar-refractivity contribution in [3.63, 3.8) is 0 Å². The summed E-state index contributed by atoms with van der Waals surface area (Å²) in [4.78, 5) is 5.25. The molecular formula is C36H29N2+. The van der Waals surface area contributed by atoms with Crippen molar-refractivity contribution in [1.29, 1.82) is 0 Å². The first-order chi connectivity index (χ1) is 18.7. The molecule has 0 saturated carbocycles. The summed E-state index contributed by atoms with van der Waals surface area (Å²) in [7, 11) is 2.12. The van der Waals surface area contributed by atoms with E-state index in [0.29, 0.717) is 0 Å². The topological polar surface area (TPSA) is 16.8 Å². The van der Waals surface area contributed by atoms with E-state index in [0.717, 1.165) is 28.2 Å². The minimum Gasteiger partial charge on any atom is -0.234 e. The minimum absolute atomic E-state index is 0.956. The molecule has 0 saturated heterocycles. The summed E-state index contributed by atoms with van der Waals surface area (Å²) in [6, 6.07) is 46.9. The summed E-state index contributed by atoms with van der Waals surface area (Å²) in [5.41, 5.74) is 12.5. The summed E-state index contributed by atoms with van der Waals surface area (Å²) >= 11 is 0. The minimum atomic E-state index is 0.956. The van der Waals surface area contributed by atoms with E-state index in [4.69, 9.17) is 4.98 Å². The first-order valence-electron chi connectivity index (χ1n) is 13.0. The van der Waals surface area contributed by atoms with Crippen LogP contribution in [0.4, 0.5) is 0 Å². The van der Waals surface area contributed by atoms with Gasteiger partial charge in [0.1, 0.15) is 18.4 Å². The number of rotatable bonds is 5. The maximum Gasteiger partial charge on any atom is 0.239 e. The van der Waals surface area contributed by atoms with E-state index < -0.39 is 0 Å². The van der Waals surface area contributed by atoms with Gasteiger partial charge in [-0.1, -0.05) is 127 Å². The lowest BCUT2D eigenvalue weighted by molar-refractivity contribution is -0.659. The normalized spacial score (nSPS) is 10.9. The SMILES string of the molecule is Cc1cc(-c2ccccc2)ccc1-c1c(-c2ccc(-c3ccccc3)cc2)nc(-c2ccccc2)c[n+]1C. The third kappa shape index (κ3) is 4.65. The zero-order valence-electron chi connectivity index (χ0n) is 21.7. The van der Waals surface area contributed by atoms with Crippen LogP contribution >= 0.6 is 0 Å². The maximum absolute atomic E-state index is 5.25. The van der Waals surface area contributed by atoms with Gasteiger partial charge in [0, 0.05) is 11.1 Å². The molecule has 1 aromatic heterocycles. The van der Waals surface area contributed by atoms with Crippen LogP contribution in [0.25, 0.3) is 56.0 Å². The van der Waals surface area contributed by atoms with E-state index in [1.165, 1.54) is 33.4 Å². The lowest BCUT2D eigenvalue weighted by Crippen LogP contribution is -2.32. The standard InChI is InChI=1S/C36H29N2/c1-26-24-32(28-14-8-4-9-15-28)22-23-33(26)36-35(37-34(25-38(36)2)30-16-10-5-11-17-30)31-20-18-29(19-21-31)27-12-6-3-7-13-27/h3-25H,1-2H3/q+1. The van der Waals surface area contributed by atoms with Crippen molar-refractivity contribution in [2.45, 2.75) is 6.92 Å². The third-order valence-corrected chi connectivity index (χ3v) is 7.05. The van der Waals surface area contributed by atoms with Gasteiger partial charge in [-0.25, -0.2) is 4.98 Å². The number of hydrogen-bond donors (Lipinski definition) is 0. The molecule has 0 unspecified atom stereocenters. The Labute approximate surface area is 224 Å². The van der Waals surface area contributed by atoms with E-state index in [1.807, 2.05) is 6.07 Å². The molecule has 6 rings (SSSR count). The van der Waals surface area contributed by atoms with Crippen molar-refractivity contribution in [2.75, 3.05) is 0 Å². The highest BCUT2D eigenvalue weighted by atomic mass is 15.0. The Balaban J connectivity index is 1.51. The molecule has 0 amide bonds. The van der Waals surface area contributed by atoms with E-state index in [-0.39, 0.29) is 0 Å². The predicted molar refractivity (Wildman–Crippen MR) is 157 cm³/mol. The molecule has 0 fully saturated rings. The Hall–Kier alpha value is -4.82. The fourth-order valence-corrected chi connectivity index (χ4v) is 5.07. The molecule has 0 N–H and O–H groups in total. The van der Waals surface area contributed by atoms with Gasteiger partial charge in [-0.3, -0.25) is 0 Å². The van der Waals surface area contributed by atoms with Gasteiger partial charge in [0.25, 0.3) is 0 Å². The van der Waals surface area contributed by atoms with Gasteiger partial charge in [0.05, 0.1) is 5.56 Å². The van der Waals surface area contributed by atoms with Crippen LogP contribution in [0, 0.1) is 6.92 Å². The molecule has 0 spiro atoms. The molecule has 1 heterocycles. The summed E-state index contributed by atoms with van der Waals surface area (Å²) in [5, 5.41) is 0. The second-order valence-electron chi connectivity index (χ2n) is 9.64. The molecule has 5 aromatic carbocycles. The molecule has 0 aliphatic heterocycles. The van der Waals surface area contributed by atoms with Crippen molar-refractivity contribution in [2.24, 2.45) is 7.05 Å². The highest BCUT2D eigenvalue weighted by molar-refractivity contribution is 5.81. The molecule has 0 aliphatic carbocycles. The van der Waals surface area contributed by atoms with Gasteiger partial charge in [-0.2, -0.15) is 4.57 Å². The average molecular weight is 490 g/mol. The fraction of sp³-hybridized carbons (Fsp3) is 0.0556. The predicted octanol–water partition coefficient (Wildman–Crippen LogP) is 8.55. The summed E-state index contributed by atoms with van der Waals surface area (Å²) in [6.45, 7) is 2.19. The molecule has 38 heavy (non-hydrogen) atoms. The van der Waals surface area contributed by atoms with Gasteiger partial charge in [-0.05, 0) is 40.8 Å². The quantitative estimate of drug-likeness (QED) is 0.222. The zero-order chi connectivity index (χ0) is 25.9. The lowest BCUT2D eigenvalue weighted by atomic mass is 9.95. The van der Waals surface area contributed by atoms with Gasteiger partial charge in [0.2, 0.25) is 5.69 Å². The molecule has 0 radical (unpaired) electrons. The van der Waals surface area contributed by atoms with Crippen molar-refractivity contribution in [3.8, 4) is 56.0 Å². The van der Waals surface area contributed by atoms with E-state index >= 15 is 0 Å². The van der Waals surface area contributed by atoms with Gasteiger partial charge < -0.3 is 0 Å². The average Bonchev–Trinajstić information content (AvgIpc) is 2.98. The molecule has 0 bridgehead atoms. The van der Waals surface area contributed by atoms with E-state index in [2.05, 4.69) is 152 Å². The number of nitrogens with zero attached hydrogens (tertiary/aromatic N) is 2. The third-order valence-electron chi connectivity index (χ3n) is 7.05. The molecule has 6 aromatic rings. The maximum atomic E-state index is 5.25. The summed E-state index contributed by atoms with van der Waals surface area (Å²) in [5.74, 6) is 0. The Bertz CT molecular complexity index is 1690. The number of aryl methyl sites for hydroxylation is 2. The highest BCUT2D eigenvalue weighted by Crippen LogP contribution is 2.34. The molecule has 2 nitrogen and oxygen atoms in total. The van der Waals surface area contributed by atoms with E-state index in [9.17, 15) is 0 Å². The van der Waals surface area contributed by atoms with Crippen molar-refractivity contribution >= 4 is 0 Å². The Kier molecular flexibility index (Phi) is 6.37. The van der Waals surface area contributed by atoms with Crippen LogP contribution in [0.15, 0.2) is 140 Å². The Morgan fingerprint density at radius 1 is 0.500 bits per heavy atom. The number of hydrogen-bond acceptors (Lipinski definition) is 1. The Morgan fingerprint density at radius 3 is 1.55 bits per heavy atom. The van der Waals surface area contributed by atoms with Crippen LogP contribution in [-0.4, -0.2) is 4.98 Å². The Morgan fingerprint density at radius 2 is 0.974 bits per heavy atom. The molecule has 0 aliphatic rings. The number of benzene rings is 5. The van der Waals surface area contributed by atoms with Crippen LogP contribution in [0.2, 0.25) is 0 Å². The van der Waals surface area contributed by atoms with E-state index in [1.54, 1.807) is 0 Å². The molecule has 2 heteroatoms. The van der Waals surface area contributed by atoms with Crippen LogP contribution < -0.4 is 4.57 Å². The van der Waals surface area contributed by atoms with Crippen molar-refractivity contribution in [3.05, 3.63) is 145 Å². The molecular weight excluding hydrogens is 460 g/mol. The van der Waals surface area contributed by atoms with Crippen LogP contribution in [0.5, 0.6) is 0 Å². The molecule has 0 atom stereocenters. The van der Waals surface area contributed by atoms with Crippen LogP contribution in [0.3, 0.4) is 0 Å². The lowest BCUT2D eigenvalue weighted by Gasteiger charge is -2.13. The second kappa shape index (κ2) is 10.3. The summed E-state index contributed by atoms with van der Waals surface area (Å²) in [6.07, 6.45) is 2.14. The smallest absolute Gasteiger partial charge is 0.234 e. The van der Waals surface area contributed by atoms with Crippen LogP contribution in [-0.2, 0) is 7.05 Å². The fourth-order valence-electron chi connectivity index (χ4n) is 5.07. The first kappa shape index (κ1) is 23.6. The summed E-state index contributed by atoms with van der Waals surface area (Å²) < 4.78 is 2.22. The van der Waals surface area contributed by atoms with Gasteiger partial charge >= 0.3 is 0 Å². The van der Waals surface area contributed by atoms with Crippen molar-refractivity contribution in [1.82, 2.24) is 4.98 Å². The number of aromatic nitrogens is 2. The van der Waals surface area contributed by atoms with Gasteiger partial charge in [0.15, 0.2) is 6.20 Å². The van der Waals surface area contributed by atoms with Gasteiger partial charge in [-0.15, -0.1) is 0 Å². The largest absolute Gasteiger partial charge is 0.239 e. The highest BCUT2D eigenvalue weighted by Gasteiger charge is 2.23. The first-order valence-corrected chi connectivity index (χ1v) is 13.0. The zero-order valence-corrected chi connectivity index (χ0v) is 21.7. The molecule has 182 valence electrons. The van der Waals surface area contributed by atoms with Crippen LogP contribution in [0.1, 0.15) is 5.56 Å². The monoisotopic (exact) mass is 489 g/mol. The second-order valence-corrected chi connectivity index (χ2v) is 9.64.